The first-order chi connectivity index (χ1) is 9.55. The van der Waals surface area contributed by atoms with Crippen molar-refractivity contribution in [2.24, 2.45) is 0 Å². The summed E-state index contributed by atoms with van der Waals surface area (Å²) in [6.45, 7) is 3.31. The topological polar surface area (TPSA) is 57.7 Å². The molecular weight excluding hydrogens is 276 g/mol. The van der Waals surface area contributed by atoms with Crippen molar-refractivity contribution in [2.75, 3.05) is 26.2 Å². The molecule has 0 unspecified atom stereocenters. The first kappa shape index (κ1) is 14.7. The molecule has 0 aromatic heterocycles. The van der Waals surface area contributed by atoms with Gasteiger partial charge in [0.2, 0.25) is 15.9 Å². The summed E-state index contributed by atoms with van der Waals surface area (Å²) in [5, 5.41) is 0. The van der Waals surface area contributed by atoms with Crippen molar-refractivity contribution in [3.8, 4) is 0 Å². The van der Waals surface area contributed by atoms with Crippen LogP contribution in [-0.2, 0) is 14.8 Å². The number of piperazine rings is 1. The molecular formula is C14H18N2O3S. The van der Waals surface area contributed by atoms with E-state index in [1.807, 2.05) is 0 Å². The van der Waals surface area contributed by atoms with E-state index in [1.54, 1.807) is 48.2 Å². The lowest BCUT2D eigenvalue weighted by atomic mass is 10.3. The number of hydrogen-bond acceptors (Lipinski definition) is 3. The minimum absolute atomic E-state index is 0.0655. The van der Waals surface area contributed by atoms with Crippen LogP contribution in [0.25, 0.3) is 0 Å². The average Bonchev–Trinajstić information content (AvgIpc) is 2.48. The number of hydrogen-bond donors (Lipinski definition) is 0. The summed E-state index contributed by atoms with van der Waals surface area (Å²) in [5.41, 5.74) is 0. The SMILES string of the molecule is C/C=C/C(=O)N1CCN(S(=O)(=O)c2ccccc2)CC1. The molecule has 1 saturated heterocycles. The molecule has 1 fully saturated rings. The van der Waals surface area contributed by atoms with Crippen LogP contribution in [0.15, 0.2) is 47.4 Å². The molecule has 0 radical (unpaired) electrons. The standard InChI is InChI=1S/C14H18N2O3S/c1-2-6-14(17)15-9-11-16(12-10-15)20(18,19)13-7-4-3-5-8-13/h2-8H,9-12H2,1H3/b6-2+. The second-order valence-corrected chi connectivity index (χ2v) is 6.48. The molecule has 1 heterocycles. The summed E-state index contributed by atoms with van der Waals surface area (Å²) < 4.78 is 26.2. The minimum Gasteiger partial charge on any atom is -0.337 e. The Morgan fingerprint density at radius 2 is 1.70 bits per heavy atom. The summed E-state index contributed by atoms with van der Waals surface area (Å²) in [7, 11) is -3.45. The highest BCUT2D eigenvalue weighted by Gasteiger charge is 2.29. The zero-order valence-corrected chi connectivity index (χ0v) is 12.2. The van der Waals surface area contributed by atoms with E-state index in [0.29, 0.717) is 31.1 Å². The average molecular weight is 294 g/mol. The Balaban J connectivity index is 2.06. The predicted molar refractivity (Wildman–Crippen MR) is 76.6 cm³/mol. The Kier molecular flexibility index (Phi) is 4.57. The molecule has 20 heavy (non-hydrogen) atoms. The van der Waals surface area contributed by atoms with Gasteiger partial charge in [-0.05, 0) is 25.1 Å². The van der Waals surface area contributed by atoms with Crippen LogP contribution >= 0.6 is 0 Å². The van der Waals surface area contributed by atoms with Crippen LogP contribution in [0.5, 0.6) is 0 Å². The number of carbonyl (C=O) groups is 1. The van der Waals surface area contributed by atoms with E-state index in [1.165, 1.54) is 10.4 Å². The Bertz CT molecular complexity index is 588. The van der Waals surface area contributed by atoms with Gasteiger partial charge in [0.25, 0.3) is 0 Å². The highest BCUT2D eigenvalue weighted by Crippen LogP contribution is 2.17. The van der Waals surface area contributed by atoms with Crippen molar-refractivity contribution in [2.45, 2.75) is 11.8 Å². The van der Waals surface area contributed by atoms with E-state index in [9.17, 15) is 13.2 Å². The number of nitrogens with zero attached hydrogens (tertiary/aromatic N) is 2. The molecule has 0 aliphatic carbocycles. The van der Waals surface area contributed by atoms with Gasteiger partial charge in [-0.15, -0.1) is 0 Å². The zero-order chi connectivity index (χ0) is 14.6. The molecule has 0 atom stereocenters. The van der Waals surface area contributed by atoms with Gasteiger partial charge in [0, 0.05) is 26.2 Å². The maximum atomic E-state index is 12.4. The fraction of sp³-hybridized carbons (Fsp3) is 0.357. The van der Waals surface area contributed by atoms with Crippen LogP contribution in [0.1, 0.15) is 6.92 Å². The number of benzene rings is 1. The Labute approximate surface area is 119 Å². The number of carbonyl (C=O) groups excluding carboxylic acids is 1. The van der Waals surface area contributed by atoms with Crippen molar-refractivity contribution in [1.82, 2.24) is 9.21 Å². The third-order valence-electron chi connectivity index (χ3n) is 3.24. The normalized spacial score (nSPS) is 17.6. The predicted octanol–water partition coefficient (Wildman–Crippen LogP) is 1.10. The maximum Gasteiger partial charge on any atom is 0.246 e. The molecule has 2 rings (SSSR count). The third kappa shape index (κ3) is 3.08. The van der Waals surface area contributed by atoms with Crippen LogP contribution in [0.3, 0.4) is 0 Å². The largest absolute Gasteiger partial charge is 0.337 e. The fourth-order valence-corrected chi connectivity index (χ4v) is 3.58. The van der Waals surface area contributed by atoms with Gasteiger partial charge in [-0.3, -0.25) is 4.79 Å². The van der Waals surface area contributed by atoms with E-state index in [4.69, 9.17) is 0 Å². The van der Waals surface area contributed by atoms with Crippen molar-refractivity contribution in [1.29, 1.82) is 0 Å². The van der Waals surface area contributed by atoms with Gasteiger partial charge in [0.1, 0.15) is 0 Å². The summed E-state index contributed by atoms with van der Waals surface area (Å²) in [4.78, 5) is 13.7. The van der Waals surface area contributed by atoms with Gasteiger partial charge < -0.3 is 4.90 Å². The van der Waals surface area contributed by atoms with E-state index in [0.717, 1.165) is 0 Å². The van der Waals surface area contributed by atoms with Crippen LogP contribution in [0.4, 0.5) is 0 Å². The molecule has 1 amide bonds. The summed E-state index contributed by atoms with van der Waals surface area (Å²) in [5.74, 6) is -0.0655. The van der Waals surface area contributed by atoms with E-state index in [2.05, 4.69) is 0 Å². The highest BCUT2D eigenvalue weighted by atomic mass is 32.2. The van der Waals surface area contributed by atoms with E-state index >= 15 is 0 Å². The molecule has 6 heteroatoms. The smallest absolute Gasteiger partial charge is 0.246 e. The van der Waals surface area contributed by atoms with Crippen molar-refractivity contribution in [3.05, 3.63) is 42.5 Å². The van der Waals surface area contributed by atoms with Gasteiger partial charge >= 0.3 is 0 Å². The van der Waals surface area contributed by atoms with Crippen LogP contribution in [-0.4, -0.2) is 49.7 Å². The fourth-order valence-electron chi connectivity index (χ4n) is 2.14. The Morgan fingerprint density at radius 3 is 2.25 bits per heavy atom. The molecule has 0 N–H and O–H groups in total. The lowest BCUT2D eigenvalue weighted by Crippen LogP contribution is -2.50. The summed E-state index contributed by atoms with van der Waals surface area (Å²) in [6, 6.07) is 8.38. The zero-order valence-electron chi connectivity index (χ0n) is 11.4. The maximum absolute atomic E-state index is 12.4. The molecule has 0 saturated carbocycles. The first-order valence-electron chi connectivity index (χ1n) is 6.52. The molecule has 1 aliphatic rings. The number of rotatable bonds is 3. The number of amides is 1. The summed E-state index contributed by atoms with van der Waals surface area (Å²) in [6.07, 6.45) is 3.19. The molecule has 0 spiro atoms. The highest BCUT2D eigenvalue weighted by molar-refractivity contribution is 7.89. The number of sulfonamides is 1. The van der Waals surface area contributed by atoms with Gasteiger partial charge in [-0.25, -0.2) is 8.42 Å². The van der Waals surface area contributed by atoms with Crippen LogP contribution in [0, 0.1) is 0 Å². The lowest BCUT2D eigenvalue weighted by molar-refractivity contribution is -0.127. The Morgan fingerprint density at radius 1 is 1.10 bits per heavy atom. The van der Waals surface area contributed by atoms with Crippen molar-refractivity contribution >= 4 is 15.9 Å². The van der Waals surface area contributed by atoms with E-state index < -0.39 is 10.0 Å². The van der Waals surface area contributed by atoms with Gasteiger partial charge in [0.15, 0.2) is 0 Å². The van der Waals surface area contributed by atoms with Crippen LogP contribution < -0.4 is 0 Å². The van der Waals surface area contributed by atoms with Gasteiger partial charge in [0.05, 0.1) is 4.90 Å². The van der Waals surface area contributed by atoms with Crippen molar-refractivity contribution < 1.29 is 13.2 Å². The van der Waals surface area contributed by atoms with Gasteiger partial charge in [-0.1, -0.05) is 24.3 Å². The minimum atomic E-state index is -3.45. The lowest BCUT2D eigenvalue weighted by Gasteiger charge is -2.33. The van der Waals surface area contributed by atoms with Crippen molar-refractivity contribution in [3.63, 3.8) is 0 Å². The summed E-state index contributed by atoms with van der Waals surface area (Å²) >= 11 is 0. The third-order valence-corrected chi connectivity index (χ3v) is 5.15. The van der Waals surface area contributed by atoms with Crippen LogP contribution in [0.2, 0.25) is 0 Å². The molecule has 1 aromatic carbocycles. The molecule has 108 valence electrons. The molecule has 0 bridgehead atoms. The second kappa shape index (κ2) is 6.19. The Hall–Kier alpha value is -1.66. The monoisotopic (exact) mass is 294 g/mol. The second-order valence-electron chi connectivity index (χ2n) is 4.54. The quantitative estimate of drug-likeness (QED) is 0.784. The molecule has 1 aliphatic heterocycles. The first-order valence-corrected chi connectivity index (χ1v) is 7.96. The molecule has 1 aromatic rings. The number of allylic oxidation sites excluding steroid dienone is 1. The molecule has 5 nitrogen and oxygen atoms in total. The van der Waals surface area contributed by atoms with Gasteiger partial charge in [-0.2, -0.15) is 4.31 Å². The van der Waals surface area contributed by atoms with E-state index in [-0.39, 0.29) is 5.91 Å².